The van der Waals surface area contributed by atoms with Gasteiger partial charge in [-0.15, -0.1) is 0 Å². The molecule has 0 saturated carbocycles. The van der Waals surface area contributed by atoms with Crippen molar-refractivity contribution in [1.82, 2.24) is 9.78 Å². The number of benzene rings is 1. The lowest BCUT2D eigenvalue weighted by Crippen LogP contribution is -2.05. The standard InChI is InChI=1S/C10H8ClN3O3/c11-8-1-3-10(4-2-8)17-7-13-6-9(5-12-13)14(15)16/h1-6H,7H2. The highest BCUT2D eigenvalue weighted by Gasteiger charge is 2.08. The third-order valence-corrected chi connectivity index (χ3v) is 2.26. The van der Waals surface area contributed by atoms with Crippen LogP contribution in [0.1, 0.15) is 0 Å². The van der Waals surface area contributed by atoms with Crippen molar-refractivity contribution >= 4 is 17.3 Å². The van der Waals surface area contributed by atoms with E-state index in [1.54, 1.807) is 24.3 Å². The van der Waals surface area contributed by atoms with Crippen molar-refractivity contribution in [2.75, 3.05) is 0 Å². The maximum atomic E-state index is 10.4. The Morgan fingerprint density at radius 2 is 2.12 bits per heavy atom. The van der Waals surface area contributed by atoms with Crippen LogP contribution in [-0.2, 0) is 6.73 Å². The largest absolute Gasteiger partial charge is 0.471 e. The molecule has 2 aromatic rings. The Bertz CT molecular complexity index is 524. The SMILES string of the molecule is O=[N+]([O-])c1cnn(COc2ccc(Cl)cc2)c1. The Balaban J connectivity index is 1.97. The van der Waals surface area contributed by atoms with E-state index in [1.807, 2.05) is 0 Å². The minimum Gasteiger partial charge on any atom is -0.471 e. The molecule has 0 spiro atoms. The van der Waals surface area contributed by atoms with Gasteiger partial charge >= 0.3 is 5.69 Å². The van der Waals surface area contributed by atoms with E-state index in [1.165, 1.54) is 17.1 Å². The average Bonchev–Trinajstić information content (AvgIpc) is 2.77. The predicted octanol–water partition coefficient (Wildman–Crippen LogP) is 2.48. The van der Waals surface area contributed by atoms with Crippen molar-refractivity contribution < 1.29 is 9.66 Å². The first-order valence-corrected chi connectivity index (χ1v) is 5.08. The summed E-state index contributed by atoms with van der Waals surface area (Å²) in [4.78, 5) is 9.91. The lowest BCUT2D eigenvalue weighted by molar-refractivity contribution is -0.385. The quantitative estimate of drug-likeness (QED) is 0.620. The first-order valence-electron chi connectivity index (χ1n) is 4.70. The van der Waals surface area contributed by atoms with Crippen LogP contribution >= 0.6 is 11.6 Å². The van der Waals surface area contributed by atoms with E-state index >= 15 is 0 Å². The molecule has 0 radical (unpaired) electrons. The second-order valence-corrected chi connectivity index (χ2v) is 3.66. The third kappa shape index (κ3) is 2.94. The van der Waals surface area contributed by atoms with Crippen molar-refractivity contribution in [1.29, 1.82) is 0 Å². The molecule has 1 aromatic heterocycles. The van der Waals surface area contributed by atoms with Crippen molar-refractivity contribution in [3.63, 3.8) is 0 Å². The summed E-state index contributed by atoms with van der Waals surface area (Å²) < 4.78 is 6.70. The van der Waals surface area contributed by atoms with Crippen LogP contribution in [0, 0.1) is 10.1 Å². The van der Waals surface area contributed by atoms with Gasteiger partial charge in [0.05, 0.1) is 4.92 Å². The van der Waals surface area contributed by atoms with Gasteiger partial charge in [-0.3, -0.25) is 10.1 Å². The van der Waals surface area contributed by atoms with Crippen LogP contribution < -0.4 is 4.74 Å². The van der Waals surface area contributed by atoms with E-state index in [0.29, 0.717) is 10.8 Å². The lowest BCUT2D eigenvalue weighted by Gasteiger charge is -2.05. The Morgan fingerprint density at radius 1 is 1.41 bits per heavy atom. The lowest BCUT2D eigenvalue weighted by atomic mass is 10.3. The van der Waals surface area contributed by atoms with Crippen LogP contribution in [0.3, 0.4) is 0 Å². The zero-order valence-electron chi connectivity index (χ0n) is 8.62. The van der Waals surface area contributed by atoms with E-state index in [0.717, 1.165) is 0 Å². The zero-order valence-corrected chi connectivity index (χ0v) is 9.37. The molecule has 88 valence electrons. The molecule has 7 heteroatoms. The summed E-state index contributed by atoms with van der Waals surface area (Å²) in [5, 5.41) is 14.8. The molecular weight excluding hydrogens is 246 g/mol. The summed E-state index contributed by atoms with van der Waals surface area (Å²) in [5.74, 6) is 0.618. The summed E-state index contributed by atoms with van der Waals surface area (Å²) in [7, 11) is 0. The van der Waals surface area contributed by atoms with Gasteiger partial charge in [0.1, 0.15) is 18.1 Å². The summed E-state index contributed by atoms with van der Waals surface area (Å²) >= 11 is 5.72. The summed E-state index contributed by atoms with van der Waals surface area (Å²) in [6.45, 7) is 0.107. The van der Waals surface area contributed by atoms with Gasteiger partial charge in [0.25, 0.3) is 0 Å². The second-order valence-electron chi connectivity index (χ2n) is 3.22. The van der Waals surface area contributed by atoms with Gasteiger partial charge in [0, 0.05) is 5.02 Å². The van der Waals surface area contributed by atoms with Crippen LogP contribution in [-0.4, -0.2) is 14.7 Å². The number of aromatic nitrogens is 2. The van der Waals surface area contributed by atoms with Crippen LogP contribution in [0.5, 0.6) is 5.75 Å². The van der Waals surface area contributed by atoms with Gasteiger partial charge < -0.3 is 4.74 Å². The van der Waals surface area contributed by atoms with Gasteiger partial charge in [-0.25, -0.2) is 4.68 Å². The molecule has 1 heterocycles. The normalized spacial score (nSPS) is 10.2. The fourth-order valence-electron chi connectivity index (χ4n) is 1.19. The molecule has 0 aliphatic carbocycles. The minimum atomic E-state index is -0.508. The average molecular weight is 254 g/mol. The van der Waals surface area contributed by atoms with Gasteiger partial charge in [-0.2, -0.15) is 5.10 Å². The first-order chi connectivity index (χ1) is 8.15. The maximum Gasteiger partial charge on any atom is 0.307 e. The highest BCUT2D eigenvalue weighted by molar-refractivity contribution is 6.30. The predicted molar refractivity (Wildman–Crippen MR) is 61.0 cm³/mol. The smallest absolute Gasteiger partial charge is 0.307 e. The van der Waals surface area contributed by atoms with Crippen molar-refractivity contribution in [2.45, 2.75) is 6.73 Å². The number of ether oxygens (including phenoxy) is 1. The number of nitro groups is 1. The van der Waals surface area contributed by atoms with E-state index in [4.69, 9.17) is 16.3 Å². The molecule has 0 aliphatic heterocycles. The van der Waals surface area contributed by atoms with E-state index in [2.05, 4.69) is 5.10 Å². The highest BCUT2D eigenvalue weighted by atomic mass is 35.5. The maximum absolute atomic E-state index is 10.4. The molecule has 6 nitrogen and oxygen atoms in total. The van der Waals surface area contributed by atoms with Crippen molar-refractivity contribution in [3.05, 3.63) is 51.8 Å². The van der Waals surface area contributed by atoms with E-state index < -0.39 is 4.92 Å². The summed E-state index contributed by atoms with van der Waals surface area (Å²) in [6.07, 6.45) is 2.47. The van der Waals surface area contributed by atoms with E-state index in [9.17, 15) is 10.1 Å². The topological polar surface area (TPSA) is 70.2 Å². The first kappa shape index (κ1) is 11.4. The molecule has 0 atom stereocenters. The van der Waals surface area contributed by atoms with Crippen molar-refractivity contribution in [2.24, 2.45) is 0 Å². The zero-order chi connectivity index (χ0) is 12.3. The Hall–Kier alpha value is -2.08. The number of halogens is 1. The monoisotopic (exact) mass is 253 g/mol. The molecule has 0 N–H and O–H groups in total. The molecule has 0 amide bonds. The number of nitrogens with zero attached hydrogens (tertiary/aromatic N) is 3. The van der Waals surface area contributed by atoms with Gasteiger partial charge in [0.15, 0.2) is 6.73 Å². The molecule has 0 saturated heterocycles. The van der Waals surface area contributed by atoms with E-state index in [-0.39, 0.29) is 12.4 Å². The highest BCUT2D eigenvalue weighted by Crippen LogP contribution is 2.16. The molecular formula is C10H8ClN3O3. The van der Waals surface area contributed by atoms with Gasteiger partial charge in [-0.05, 0) is 24.3 Å². The Morgan fingerprint density at radius 3 is 2.71 bits per heavy atom. The fourth-order valence-corrected chi connectivity index (χ4v) is 1.32. The molecule has 0 bridgehead atoms. The van der Waals surface area contributed by atoms with Crippen LogP contribution in [0.15, 0.2) is 36.7 Å². The molecule has 0 fully saturated rings. The summed E-state index contributed by atoms with van der Waals surface area (Å²) in [5.41, 5.74) is -0.0651. The number of rotatable bonds is 4. The minimum absolute atomic E-state index is 0.0651. The Labute approximate surface area is 102 Å². The molecule has 0 aliphatic rings. The Kier molecular flexibility index (Phi) is 3.24. The molecule has 17 heavy (non-hydrogen) atoms. The van der Waals surface area contributed by atoms with Gasteiger partial charge in [0.2, 0.25) is 0 Å². The second kappa shape index (κ2) is 4.84. The number of hydrogen-bond donors (Lipinski definition) is 0. The number of hydrogen-bond acceptors (Lipinski definition) is 4. The fraction of sp³-hybridized carbons (Fsp3) is 0.100. The van der Waals surface area contributed by atoms with Crippen LogP contribution in [0.2, 0.25) is 5.02 Å². The third-order valence-electron chi connectivity index (χ3n) is 2.01. The van der Waals surface area contributed by atoms with Crippen LogP contribution in [0.4, 0.5) is 5.69 Å². The summed E-state index contributed by atoms with van der Waals surface area (Å²) in [6, 6.07) is 6.81. The van der Waals surface area contributed by atoms with Gasteiger partial charge in [-0.1, -0.05) is 11.6 Å². The van der Waals surface area contributed by atoms with Crippen LogP contribution in [0.25, 0.3) is 0 Å². The molecule has 2 rings (SSSR count). The van der Waals surface area contributed by atoms with Crippen molar-refractivity contribution in [3.8, 4) is 5.75 Å². The molecule has 0 unspecified atom stereocenters. The molecule has 1 aromatic carbocycles.